The van der Waals surface area contributed by atoms with Crippen LogP contribution in [0.3, 0.4) is 0 Å². The number of halogens is 2. The number of carbonyl (C=O) groups is 1. The number of aryl methyl sites for hydroxylation is 2. The highest BCUT2D eigenvalue weighted by molar-refractivity contribution is 6.36. The molecule has 1 amide bonds. The third-order valence-electron chi connectivity index (χ3n) is 5.36. The molecular formula is C21H22Cl2N6O. The summed E-state index contributed by atoms with van der Waals surface area (Å²) in [6, 6.07) is 6.92. The van der Waals surface area contributed by atoms with Gasteiger partial charge in [0.2, 0.25) is 0 Å². The van der Waals surface area contributed by atoms with Crippen LogP contribution < -0.4 is 4.90 Å². The zero-order valence-corrected chi connectivity index (χ0v) is 18.6. The third-order valence-corrected chi connectivity index (χ3v) is 5.91. The number of hydrogen-bond donors (Lipinski definition) is 0. The lowest BCUT2D eigenvalue weighted by molar-refractivity contribution is 0.0746. The van der Waals surface area contributed by atoms with Crippen LogP contribution in [0.4, 0.5) is 5.82 Å². The first kappa shape index (κ1) is 20.6. The van der Waals surface area contributed by atoms with Crippen molar-refractivity contribution in [2.45, 2.75) is 20.8 Å². The Morgan fingerprint density at radius 2 is 1.67 bits per heavy atom. The van der Waals surface area contributed by atoms with E-state index in [9.17, 15) is 4.79 Å². The topological polar surface area (TPSA) is 67.2 Å². The van der Waals surface area contributed by atoms with Gasteiger partial charge in [0, 0.05) is 43.0 Å². The highest BCUT2D eigenvalue weighted by atomic mass is 35.5. The molecule has 9 heteroatoms. The summed E-state index contributed by atoms with van der Waals surface area (Å²) >= 11 is 12.2. The van der Waals surface area contributed by atoms with Crippen LogP contribution >= 0.6 is 23.2 Å². The lowest BCUT2D eigenvalue weighted by Gasteiger charge is -2.35. The van der Waals surface area contributed by atoms with E-state index in [1.54, 1.807) is 24.5 Å². The molecule has 4 rings (SSSR count). The second-order valence-corrected chi connectivity index (χ2v) is 8.16. The van der Waals surface area contributed by atoms with E-state index in [2.05, 4.69) is 19.9 Å². The maximum absolute atomic E-state index is 12.9. The second kappa shape index (κ2) is 8.24. The fourth-order valence-electron chi connectivity index (χ4n) is 3.52. The molecule has 0 unspecified atom stereocenters. The minimum absolute atomic E-state index is 0.0830. The van der Waals surface area contributed by atoms with E-state index in [1.165, 1.54) is 0 Å². The van der Waals surface area contributed by atoms with Crippen LogP contribution in [0.2, 0.25) is 10.0 Å². The highest BCUT2D eigenvalue weighted by Gasteiger charge is 2.25. The number of amides is 1. The van der Waals surface area contributed by atoms with Crippen LogP contribution in [0.25, 0.3) is 5.82 Å². The molecular weight excluding hydrogens is 423 g/mol. The van der Waals surface area contributed by atoms with Crippen LogP contribution in [0, 0.1) is 20.8 Å². The molecule has 0 N–H and O–H groups in total. The van der Waals surface area contributed by atoms with E-state index in [0.717, 1.165) is 23.0 Å². The van der Waals surface area contributed by atoms with Gasteiger partial charge in [-0.2, -0.15) is 0 Å². The van der Waals surface area contributed by atoms with Gasteiger partial charge in [-0.1, -0.05) is 23.2 Å². The molecule has 0 spiro atoms. The van der Waals surface area contributed by atoms with Crippen molar-refractivity contribution in [3.8, 4) is 5.82 Å². The Morgan fingerprint density at radius 1 is 0.967 bits per heavy atom. The lowest BCUT2D eigenvalue weighted by atomic mass is 10.1. The van der Waals surface area contributed by atoms with E-state index in [0.29, 0.717) is 47.6 Å². The van der Waals surface area contributed by atoms with Crippen molar-refractivity contribution >= 4 is 34.9 Å². The summed E-state index contributed by atoms with van der Waals surface area (Å²) in [6.07, 6.45) is 1.78. The largest absolute Gasteiger partial charge is 0.353 e. The number of hydrogen-bond acceptors (Lipinski definition) is 5. The van der Waals surface area contributed by atoms with Gasteiger partial charge in [-0.3, -0.25) is 9.36 Å². The summed E-state index contributed by atoms with van der Waals surface area (Å²) in [7, 11) is 0. The Morgan fingerprint density at radius 3 is 2.30 bits per heavy atom. The van der Waals surface area contributed by atoms with Gasteiger partial charge in [0.1, 0.15) is 23.8 Å². The van der Waals surface area contributed by atoms with Crippen LogP contribution in [0.15, 0.2) is 30.6 Å². The van der Waals surface area contributed by atoms with Crippen LogP contribution in [0.5, 0.6) is 0 Å². The van der Waals surface area contributed by atoms with Crippen molar-refractivity contribution < 1.29 is 4.79 Å². The fourth-order valence-corrected chi connectivity index (χ4v) is 4.01. The SMILES string of the molecule is Cc1nc(N2CCN(C(=O)c3ccc(Cl)cc3Cl)CC2)cc(-n2cnc(C)c2C)n1. The van der Waals surface area contributed by atoms with E-state index >= 15 is 0 Å². The predicted molar refractivity (Wildman–Crippen MR) is 118 cm³/mol. The fraction of sp³-hybridized carbons (Fsp3) is 0.333. The van der Waals surface area contributed by atoms with Crippen molar-refractivity contribution in [3.05, 3.63) is 63.4 Å². The van der Waals surface area contributed by atoms with E-state index in [-0.39, 0.29) is 5.91 Å². The monoisotopic (exact) mass is 444 g/mol. The molecule has 156 valence electrons. The molecule has 0 saturated carbocycles. The van der Waals surface area contributed by atoms with Crippen molar-refractivity contribution in [1.82, 2.24) is 24.4 Å². The number of aromatic nitrogens is 4. The molecule has 1 aliphatic rings. The first-order valence-electron chi connectivity index (χ1n) is 9.69. The summed E-state index contributed by atoms with van der Waals surface area (Å²) in [5.41, 5.74) is 2.50. The zero-order valence-electron chi connectivity index (χ0n) is 17.1. The maximum Gasteiger partial charge on any atom is 0.255 e. The summed E-state index contributed by atoms with van der Waals surface area (Å²) in [6.45, 7) is 8.40. The van der Waals surface area contributed by atoms with E-state index in [4.69, 9.17) is 23.2 Å². The molecule has 1 aromatic carbocycles. The number of anilines is 1. The van der Waals surface area contributed by atoms with Gasteiger partial charge < -0.3 is 9.80 Å². The molecule has 3 heterocycles. The lowest BCUT2D eigenvalue weighted by Crippen LogP contribution is -2.49. The van der Waals surface area contributed by atoms with E-state index < -0.39 is 0 Å². The minimum Gasteiger partial charge on any atom is -0.353 e. The maximum atomic E-state index is 12.9. The molecule has 0 atom stereocenters. The summed E-state index contributed by atoms with van der Waals surface area (Å²) < 4.78 is 1.97. The van der Waals surface area contributed by atoms with Gasteiger partial charge in [0.25, 0.3) is 5.91 Å². The van der Waals surface area contributed by atoms with Crippen molar-refractivity contribution in [3.63, 3.8) is 0 Å². The molecule has 2 aromatic heterocycles. The van der Waals surface area contributed by atoms with Gasteiger partial charge in [-0.05, 0) is 39.0 Å². The summed E-state index contributed by atoms with van der Waals surface area (Å²) in [5.74, 6) is 2.25. The second-order valence-electron chi connectivity index (χ2n) is 7.32. The Labute approximate surface area is 185 Å². The number of piperazine rings is 1. The zero-order chi connectivity index (χ0) is 21.4. The predicted octanol–water partition coefficient (Wildman–Crippen LogP) is 3.86. The van der Waals surface area contributed by atoms with Gasteiger partial charge in [-0.25, -0.2) is 15.0 Å². The molecule has 7 nitrogen and oxygen atoms in total. The quantitative estimate of drug-likeness (QED) is 0.613. The molecule has 0 aliphatic carbocycles. The van der Waals surface area contributed by atoms with Crippen molar-refractivity contribution in [2.75, 3.05) is 31.1 Å². The summed E-state index contributed by atoms with van der Waals surface area (Å²) in [4.78, 5) is 30.4. The van der Waals surface area contributed by atoms with Crippen LogP contribution in [0.1, 0.15) is 27.6 Å². The molecule has 1 fully saturated rings. The molecule has 3 aromatic rings. The van der Waals surface area contributed by atoms with Gasteiger partial charge in [0.05, 0.1) is 16.3 Å². The molecule has 1 aliphatic heterocycles. The molecule has 0 radical (unpaired) electrons. The first-order chi connectivity index (χ1) is 14.3. The molecule has 30 heavy (non-hydrogen) atoms. The normalized spacial score (nSPS) is 14.3. The Hall–Kier alpha value is -2.64. The van der Waals surface area contributed by atoms with E-state index in [1.807, 2.05) is 36.3 Å². The summed E-state index contributed by atoms with van der Waals surface area (Å²) in [5, 5.41) is 0.886. The molecule has 1 saturated heterocycles. The number of nitrogens with zero attached hydrogens (tertiary/aromatic N) is 6. The van der Waals surface area contributed by atoms with Crippen LogP contribution in [-0.4, -0.2) is 56.5 Å². The van der Waals surface area contributed by atoms with Gasteiger partial charge in [0.15, 0.2) is 0 Å². The smallest absolute Gasteiger partial charge is 0.255 e. The average molecular weight is 445 g/mol. The number of imidazole rings is 1. The van der Waals surface area contributed by atoms with Gasteiger partial charge >= 0.3 is 0 Å². The Balaban J connectivity index is 1.50. The number of rotatable bonds is 3. The first-order valence-corrected chi connectivity index (χ1v) is 10.4. The van der Waals surface area contributed by atoms with Crippen molar-refractivity contribution in [2.24, 2.45) is 0 Å². The van der Waals surface area contributed by atoms with Crippen LogP contribution in [-0.2, 0) is 0 Å². The Bertz CT molecular complexity index is 1100. The third kappa shape index (κ3) is 4.00. The van der Waals surface area contributed by atoms with Crippen molar-refractivity contribution in [1.29, 1.82) is 0 Å². The average Bonchev–Trinajstić information content (AvgIpc) is 3.06. The van der Waals surface area contributed by atoms with Gasteiger partial charge in [-0.15, -0.1) is 0 Å². The molecule has 0 bridgehead atoms. The number of benzene rings is 1. The highest BCUT2D eigenvalue weighted by Crippen LogP contribution is 2.24. The standard InChI is InChI=1S/C21H22Cl2N6O/c1-13-14(2)29(12-24-13)20-11-19(25-15(3)26-20)27-6-8-28(9-7-27)21(30)17-5-4-16(22)10-18(17)23/h4-5,10-12H,6-9H2,1-3H3. The minimum atomic E-state index is -0.0830. The number of carbonyl (C=O) groups excluding carboxylic acids is 1. The Kier molecular flexibility index (Phi) is 5.66.